The molecule has 2 aliphatic heterocycles. The maximum atomic E-state index is 13.3. The van der Waals surface area contributed by atoms with E-state index in [0.717, 1.165) is 5.56 Å². The van der Waals surface area contributed by atoms with Gasteiger partial charge < -0.3 is 4.90 Å². The fourth-order valence-corrected chi connectivity index (χ4v) is 3.19. The molecule has 128 valence electrons. The van der Waals surface area contributed by atoms with Crippen LogP contribution >= 0.6 is 0 Å². The Morgan fingerprint density at radius 2 is 1.88 bits per heavy atom. The molecule has 0 saturated carbocycles. The topological polar surface area (TPSA) is 53.9 Å². The molecule has 1 spiro atoms. The maximum Gasteiger partial charge on any atom is 0.253 e. The number of hydrogen-bond acceptors (Lipinski definition) is 4. The Hall–Kier alpha value is -2.73. The first-order valence-corrected chi connectivity index (χ1v) is 8.29. The summed E-state index contributed by atoms with van der Waals surface area (Å²) in [6, 6.07) is 15.6. The van der Waals surface area contributed by atoms with Crippen molar-refractivity contribution in [1.29, 1.82) is 0 Å². The Kier molecular flexibility index (Phi) is 3.97. The highest BCUT2D eigenvalue weighted by Gasteiger charge is 2.41. The molecule has 5 nitrogen and oxygen atoms in total. The average Bonchev–Trinajstić information content (AvgIpc) is 3.06. The van der Waals surface area contributed by atoms with Crippen molar-refractivity contribution in [3.05, 3.63) is 71.5 Å². The van der Waals surface area contributed by atoms with Gasteiger partial charge in [-0.1, -0.05) is 36.4 Å². The first-order chi connectivity index (χ1) is 12.2. The Bertz CT molecular complexity index is 814. The van der Waals surface area contributed by atoms with Crippen molar-refractivity contribution in [2.75, 3.05) is 13.1 Å². The second-order valence-electron chi connectivity index (χ2n) is 6.28. The monoisotopic (exact) mass is 339 g/mol. The van der Waals surface area contributed by atoms with E-state index in [2.05, 4.69) is 5.48 Å². The van der Waals surface area contributed by atoms with Crippen LogP contribution in [0.2, 0.25) is 0 Å². The van der Waals surface area contributed by atoms with Crippen LogP contribution < -0.4 is 5.48 Å². The average molecular weight is 339 g/mol. The van der Waals surface area contributed by atoms with Crippen LogP contribution in [0, 0.1) is 5.82 Å². The minimum absolute atomic E-state index is 0.160. The molecular formula is C19H18FN3O2. The van der Waals surface area contributed by atoms with E-state index in [9.17, 15) is 9.18 Å². The van der Waals surface area contributed by atoms with Crippen molar-refractivity contribution in [3.63, 3.8) is 0 Å². The molecule has 0 bridgehead atoms. The Balaban J connectivity index is 1.45. The molecule has 0 aromatic heterocycles. The van der Waals surface area contributed by atoms with E-state index < -0.39 is 11.5 Å². The van der Waals surface area contributed by atoms with Gasteiger partial charge in [-0.3, -0.25) is 4.79 Å². The summed E-state index contributed by atoms with van der Waals surface area (Å²) in [6.45, 7) is 1.03. The number of rotatable bonds is 2. The number of likely N-dealkylation sites (tertiary alicyclic amines) is 1. The number of nitrogens with one attached hydrogen (secondary N) is 1. The molecule has 2 aromatic rings. The molecule has 0 aliphatic carbocycles. The van der Waals surface area contributed by atoms with Crippen molar-refractivity contribution in [2.24, 2.45) is 4.99 Å². The first-order valence-electron chi connectivity index (χ1n) is 8.29. The van der Waals surface area contributed by atoms with E-state index in [-0.39, 0.29) is 5.91 Å². The molecule has 0 unspecified atom stereocenters. The molecule has 1 fully saturated rings. The molecule has 2 aliphatic rings. The van der Waals surface area contributed by atoms with Crippen molar-refractivity contribution in [2.45, 2.75) is 18.6 Å². The lowest BCUT2D eigenvalue weighted by atomic mass is 10.00. The number of nitrogens with zero attached hydrogens (tertiary/aromatic N) is 2. The standard InChI is InChI=1S/C19H18FN3O2/c20-16-8-4-7-15(13-16)18(24)23-11-9-19(10-12-23)21-17(22-25-19)14-5-2-1-3-6-14/h1-8,13H,9-12H2,(H,21,22). The molecule has 0 atom stereocenters. The smallest absolute Gasteiger partial charge is 0.253 e. The number of aliphatic imine (C=N–C) groups is 1. The molecule has 25 heavy (non-hydrogen) atoms. The zero-order chi connectivity index (χ0) is 17.3. The zero-order valence-electron chi connectivity index (χ0n) is 13.6. The number of halogens is 1. The van der Waals surface area contributed by atoms with E-state index in [0.29, 0.717) is 37.3 Å². The third kappa shape index (κ3) is 3.13. The SMILES string of the molecule is O=C(c1cccc(F)c1)N1CCC2(CC1)N=C(c1ccccc1)NO2. The van der Waals surface area contributed by atoms with Gasteiger partial charge in [0.05, 0.1) is 0 Å². The number of benzene rings is 2. The number of carbonyl (C=O) groups is 1. The van der Waals surface area contributed by atoms with Gasteiger partial charge in [0.2, 0.25) is 0 Å². The molecule has 1 N–H and O–H groups in total. The van der Waals surface area contributed by atoms with Crippen LogP contribution in [0.5, 0.6) is 0 Å². The Morgan fingerprint density at radius 3 is 2.60 bits per heavy atom. The van der Waals surface area contributed by atoms with Crippen LogP contribution in [0.4, 0.5) is 4.39 Å². The van der Waals surface area contributed by atoms with Gasteiger partial charge in [-0.25, -0.2) is 19.7 Å². The van der Waals surface area contributed by atoms with Crippen LogP contribution in [0.3, 0.4) is 0 Å². The lowest BCUT2D eigenvalue weighted by Gasteiger charge is -2.35. The molecule has 0 radical (unpaired) electrons. The van der Waals surface area contributed by atoms with Gasteiger partial charge in [-0.15, -0.1) is 0 Å². The minimum atomic E-state index is -0.635. The lowest BCUT2D eigenvalue weighted by Crippen LogP contribution is -2.46. The highest BCUT2D eigenvalue weighted by molar-refractivity contribution is 5.99. The number of hydrogen-bond donors (Lipinski definition) is 1. The third-order valence-corrected chi connectivity index (χ3v) is 4.60. The molecular weight excluding hydrogens is 321 g/mol. The van der Waals surface area contributed by atoms with Gasteiger partial charge in [0.1, 0.15) is 5.82 Å². The zero-order valence-corrected chi connectivity index (χ0v) is 13.6. The second-order valence-corrected chi connectivity index (χ2v) is 6.28. The summed E-state index contributed by atoms with van der Waals surface area (Å²) >= 11 is 0. The maximum absolute atomic E-state index is 13.3. The van der Waals surface area contributed by atoms with Gasteiger partial charge in [0, 0.05) is 37.1 Å². The largest absolute Gasteiger partial charge is 0.338 e. The van der Waals surface area contributed by atoms with Crippen molar-refractivity contribution in [3.8, 4) is 0 Å². The Labute approximate surface area is 145 Å². The van der Waals surface area contributed by atoms with Crippen LogP contribution in [-0.4, -0.2) is 35.5 Å². The number of amidine groups is 1. The summed E-state index contributed by atoms with van der Waals surface area (Å²) in [4.78, 5) is 24.7. The molecule has 1 saturated heterocycles. The normalized spacial score (nSPS) is 18.8. The summed E-state index contributed by atoms with van der Waals surface area (Å²) in [5.74, 6) is 0.151. The quantitative estimate of drug-likeness (QED) is 0.915. The lowest BCUT2D eigenvalue weighted by molar-refractivity contribution is -0.0849. The second kappa shape index (κ2) is 6.29. The molecule has 2 aromatic carbocycles. The van der Waals surface area contributed by atoms with E-state index >= 15 is 0 Å². The van der Waals surface area contributed by atoms with Crippen LogP contribution in [-0.2, 0) is 4.84 Å². The molecule has 1 amide bonds. The van der Waals surface area contributed by atoms with Gasteiger partial charge in [0.15, 0.2) is 11.6 Å². The summed E-state index contributed by atoms with van der Waals surface area (Å²) in [7, 11) is 0. The number of amides is 1. The number of hydroxylamine groups is 1. The highest BCUT2D eigenvalue weighted by Crippen LogP contribution is 2.31. The third-order valence-electron chi connectivity index (χ3n) is 4.60. The number of carbonyl (C=O) groups excluding carboxylic acids is 1. The van der Waals surface area contributed by atoms with Gasteiger partial charge >= 0.3 is 0 Å². The Morgan fingerprint density at radius 1 is 1.12 bits per heavy atom. The van der Waals surface area contributed by atoms with E-state index in [1.807, 2.05) is 30.3 Å². The number of piperidine rings is 1. The van der Waals surface area contributed by atoms with Crippen molar-refractivity contribution in [1.82, 2.24) is 10.4 Å². The first kappa shape index (κ1) is 15.8. The highest BCUT2D eigenvalue weighted by atomic mass is 19.1. The summed E-state index contributed by atoms with van der Waals surface area (Å²) < 4.78 is 13.3. The fourth-order valence-electron chi connectivity index (χ4n) is 3.19. The summed E-state index contributed by atoms with van der Waals surface area (Å²) in [5.41, 5.74) is 3.62. The molecule has 6 heteroatoms. The van der Waals surface area contributed by atoms with E-state index in [1.54, 1.807) is 17.0 Å². The fraction of sp³-hybridized carbons (Fsp3) is 0.263. The predicted octanol–water partition coefficient (Wildman–Crippen LogP) is 2.74. The summed E-state index contributed by atoms with van der Waals surface area (Å²) in [5, 5.41) is 0. The summed E-state index contributed by atoms with van der Waals surface area (Å²) in [6.07, 6.45) is 1.19. The van der Waals surface area contributed by atoms with Crippen molar-refractivity contribution < 1.29 is 14.0 Å². The van der Waals surface area contributed by atoms with Crippen LogP contribution in [0.15, 0.2) is 59.6 Å². The molecule has 2 heterocycles. The minimum Gasteiger partial charge on any atom is -0.338 e. The predicted molar refractivity (Wildman–Crippen MR) is 91.5 cm³/mol. The van der Waals surface area contributed by atoms with Crippen LogP contribution in [0.1, 0.15) is 28.8 Å². The van der Waals surface area contributed by atoms with Gasteiger partial charge in [0.25, 0.3) is 5.91 Å². The van der Waals surface area contributed by atoms with Crippen molar-refractivity contribution >= 4 is 11.7 Å². The molecule has 4 rings (SSSR count). The van der Waals surface area contributed by atoms with Crippen LogP contribution in [0.25, 0.3) is 0 Å². The van der Waals surface area contributed by atoms with Gasteiger partial charge in [-0.05, 0) is 18.2 Å². The van der Waals surface area contributed by atoms with E-state index in [4.69, 9.17) is 9.83 Å². The van der Waals surface area contributed by atoms with Gasteiger partial charge in [-0.2, -0.15) is 0 Å². The van der Waals surface area contributed by atoms with E-state index in [1.165, 1.54) is 12.1 Å².